The number of fused-ring (bicyclic) bond motifs is 2. The quantitative estimate of drug-likeness (QED) is 0.596. The monoisotopic (exact) mass is 425 g/mol. The summed E-state index contributed by atoms with van der Waals surface area (Å²) in [6.07, 6.45) is 1.67. The number of benzene rings is 1. The molecule has 3 aromatic rings. The number of likely N-dealkylation sites (N-methyl/N-ethyl adjacent to an activating group) is 1. The number of carbonyl (C=O) groups is 1. The Hall–Kier alpha value is -2.70. The highest BCUT2D eigenvalue weighted by Gasteiger charge is 2.43. The molecule has 1 aromatic carbocycles. The van der Waals surface area contributed by atoms with Crippen molar-refractivity contribution in [2.24, 2.45) is 0 Å². The molecular formula is C23H24ClN3O3. The van der Waals surface area contributed by atoms with Crippen molar-refractivity contribution >= 4 is 28.5 Å². The molecule has 0 fully saturated rings. The third kappa shape index (κ3) is 3.40. The van der Waals surface area contributed by atoms with Gasteiger partial charge < -0.3 is 14.2 Å². The van der Waals surface area contributed by atoms with E-state index in [9.17, 15) is 9.59 Å². The lowest BCUT2D eigenvalue weighted by Crippen LogP contribution is -2.38. The Morgan fingerprint density at radius 3 is 2.63 bits per heavy atom. The van der Waals surface area contributed by atoms with Crippen LogP contribution in [0.5, 0.6) is 0 Å². The smallest absolute Gasteiger partial charge is 0.291 e. The number of amides is 1. The van der Waals surface area contributed by atoms with Crippen LogP contribution in [0.3, 0.4) is 0 Å². The highest BCUT2D eigenvalue weighted by molar-refractivity contribution is 6.32. The van der Waals surface area contributed by atoms with E-state index in [0.29, 0.717) is 40.3 Å². The number of hydrogen-bond acceptors (Lipinski definition) is 5. The number of carbonyl (C=O) groups excluding carboxylic acids is 1. The fourth-order valence-corrected chi connectivity index (χ4v) is 4.17. The molecule has 1 amide bonds. The Kier molecular flexibility index (Phi) is 5.62. The van der Waals surface area contributed by atoms with Crippen molar-refractivity contribution in [3.05, 3.63) is 74.4 Å². The van der Waals surface area contributed by atoms with E-state index in [2.05, 4.69) is 23.7 Å². The fraction of sp³-hybridized carbons (Fsp3) is 0.348. The third-order valence-electron chi connectivity index (χ3n) is 5.77. The van der Waals surface area contributed by atoms with Gasteiger partial charge in [-0.3, -0.25) is 14.6 Å². The van der Waals surface area contributed by atoms with E-state index in [-0.39, 0.29) is 17.1 Å². The van der Waals surface area contributed by atoms with Gasteiger partial charge in [-0.2, -0.15) is 0 Å². The van der Waals surface area contributed by atoms with Gasteiger partial charge in [0, 0.05) is 24.3 Å². The Morgan fingerprint density at radius 1 is 1.20 bits per heavy atom. The van der Waals surface area contributed by atoms with Crippen LogP contribution in [0.2, 0.25) is 5.02 Å². The summed E-state index contributed by atoms with van der Waals surface area (Å²) in [4.78, 5) is 35.2. The molecule has 0 spiro atoms. The van der Waals surface area contributed by atoms with Crippen LogP contribution >= 0.6 is 11.6 Å². The second kappa shape index (κ2) is 8.20. The number of hydrogen-bond donors (Lipinski definition) is 0. The van der Waals surface area contributed by atoms with Crippen LogP contribution in [0.25, 0.3) is 11.0 Å². The van der Waals surface area contributed by atoms with Crippen LogP contribution in [-0.4, -0.2) is 46.9 Å². The number of aromatic nitrogens is 1. The Morgan fingerprint density at radius 2 is 1.97 bits per heavy atom. The normalized spacial score (nSPS) is 16.0. The van der Waals surface area contributed by atoms with Crippen molar-refractivity contribution in [3.8, 4) is 0 Å². The summed E-state index contributed by atoms with van der Waals surface area (Å²) in [5, 5.41) is 0.871. The van der Waals surface area contributed by atoms with Crippen LogP contribution in [0, 0.1) is 6.92 Å². The molecule has 6 nitrogen and oxygen atoms in total. The summed E-state index contributed by atoms with van der Waals surface area (Å²) in [5.41, 5.74) is 1.92. The number of nitrogens with zero attached hydrogens (tertiary/aromatic N) is 3. The molecule has 0 radical (unpaired) electrons. The maximum absolute atomic E-state index is 13.5. The van der Waals surface area contributed by atoms with E-state index in [4.69, 9.17) is 16.0 Å². The maximum atomic E-state index is 13.5. The third-order valence-corrected chi connectivity index (χ3v) is 6.17. The van der Waals surface area contributed by atoms with E-state index in [0.717, 1.165) is 18.7 Å². The minimum Gasteiger partial charge on any atom is -0.450 e. The van der Waals surface area contributed by atoms with E-state index in [1.165, 1.54) is 0 Å². The highest BCUT2D eigenvalue weighted by Crippen LogP contribution is 2.37. The van der Waals surface area contributed by atoms with Gasteiger partial charge in [-0.15, -0.1) is 0 Å². The maximum Gasteiger partial charge on any atom is 0.291 e. The van der Waals surface area contributed by atoms with Crippen molar-refractivity contribution in [1.82, 2.24) is 14.8 Å². The lowest BCUT2D eigenvalue weighted by molar-refractivity contribution is 0.0705. The molecule has 4 rings (SSSR count). The first-order chi connectivity index (χ1) is 14.5. The molecule has 1 aliphatic rings. The molecule has 2 aromatic heterocycles. The highest BCUT2D eigenvalue weighted by atomic mass is 35.5. The fourth-order valence-electron chi connectivity index (χ4n) is 4.01. The second-order valence-corrected chi connectivity index (χ2v) is 7.86. The number of aryl methyl sites for hydroxylation is 1. The largest absolute Gasteiger partial charge is 0.450 e. The minimum atomic E-state index is -0.579. The van der Waals surface area contributed by atoms with E-state index < -0.39 is 6.04 Å². The van der Waals surface area contributed by atoms with Gasteiger partial charge in [-0.05, 0) is 49.8 Å². The summed E-state index contributed by atoms with van der Waals surface area (Å²) < 4.78 is 5.98. The summed E-state index contributed by atoms with van der Waals surface area (Å²) in [6.45, 7) is 8.96. The van der Waals surface area contributed by atoms with Crippen molar-refractivity contribution in [2.75, 3.05) is 26.2 Å². The molecule has 156 valence electrons. The molecule has 0 saturated heterocycles. The molecule has 1 unspecified atom stereocenters. The van der Waals surface area contributed by atoms with Crippen molar-refractivity contribution in [2.45, 2.75) is 26.8 Å². The minimum absolute atomic E-state index is 0.101. The molecule has 30 heavy (non-hydrogen) atoms. The number of rotatable bonds is 6. The summed E-state index contributed by atoms with van der Waals surface area (Å²) in [7, 11) is 0. The lowest BCUT2D eigenvalue weighted by Gasteiger charge is -2.27. The SMILES string of the molecule is CCN(CC)CCN1C(=O)c2oc3cc(C)c(Cl)cc3c(=O)c2C1c1ccccn1. The Bertz CT molecular complexity index is 1160. The van der Waals surface area contributed by atoms with Gasteiger partial charge >= 0.3 is 0 Å². The average molecular weight is 426 g/mol. The van der Waals surface area contributed by atoms with Crippen molar-refractivity contribution in [1.29, 1.82) is 0 Å². The predicted octanol–water partition coefficient (Wildman–Crippen LogP) is 4.04. The molecule has 7 heteroatoms. The van der Waals surface area contributed by atoms with Crippen molar-refractivity contribution < 1.29 is 9.21 Å². The molecule has 1 atom stereocenters. The zero-order valence-corrected chi connectivity index (χ0v) is 18.1. The van der Waals surface area contributed by atoms with Gasteiger partial charge in [0.15, 0.2) is 5.43 Å². The summed E-state index contributed by atoms with van der Waals surface area (Å²) in [5.74, 6) is -0.177. The summed E-state index contributed by atoms with van der Waals surface area (Å²) in [6, 6.07) is 8.26. The number of halogens is 1. The van der Waals surface area contributed by atoms with Crippen LogP contribution in [0.4, 0.5) is 0 Å². The van der Waals surface area contributed by atoms with E-state index >= 15 is 0 Å². The van der Waals surface area contributed by atoms with Gasteiger partial charge in [-0.25, -0.2) is 0 Å². The molecular weight excluding hydrogens is 402 g/mol. The first-order valence-corrected chi connectivity index (χ1v) is 10.5. The zero-order chi connectivity index (χ0) is 21.4. The first kappa shape index (κ1) is 20.6. The van der Waals surface area contributed by atoms with Gasteiger partial charge in [0.05, 0.1) is 16.6 Å². The zero-order valence-electron chi connectivity index (χ0n) is 17.3. The molecule has 3 heterocycles. The van der Waals surface area contributed by atoms with Gasteiger partial charge in [0.2, 0.25) is 5.76 Å². The molecule has 1 aliphatic heterocycles. The van der Waals surface area contributed by atoms with E-state index in [1.54, 1.807) is 23.2 Å². The second-order valence-electron chi connectivity index (χ2n) is 7.45. The van der Waals surface area contributed by atoms with Gasteiger partial charge in [-0.1, -0.05) is 31.5 Å². The topological polar surface area (TPSA) is 66.7 Å². The average Bonchev–Trinajstić information content (AvgIpc) is 3.03. The standard InChI is InChI=1S/C23H24ClN3O3/c1-4-26(5-2)10-11-27-20(17-8-6-7-9-25-17)19-21(28)15-13-16(24)14(3)12-18(15)30-22(19)23(27)29/h6-9,12-13,20H,4-5,10-11H2,1-3H3. The van der Waals surface area contributed by atoms with Crippen LogP contribution in [0.15, 0.2) is 45.7 Å². The molecule has 0 aliphatic carbocycles. The van der Waals surface area contributed by atoms with Crippen molar-refractivity contribution in [3.63, 3.8) is 0 Å². The summed E-state index contributed by atoms with van der Waals surface area (Å²) >= 11 is 6.26. The van der Waals surface area contributed by atoms with Gasteiger partial charge in [0.25, 0.3) is 5.91 Å². The van der Waals surface area contributed by atoms with Crippen LogP contribution < -0.4 is 5.43 Å². The lowest BCUT2D eigenvalue weighted by atomic mass is 10.0. The van der Waals surface area contributed by atoms with Crippen LogP contribution in [0.1, 0.15) is 47.3 Å². The van der Waals surface area contributed by atoms with E-state index in [1.807, 2.05) is 25.1 Å². The Balaban J connectivity index is 1.89. The molecule has 0 saturated carbocycles. The molecule has 0 N–H and O–H groups in total. The first-order valence-electron chi connectivity index (χ1n) is 10.2. The predicted molar refractivity (Wildman–Crippen MR) is 117 cm³/mol. The Labute approximate surface area is 180 Å². The molecule has 0 bridgehead atoms. The van der Waals surface area contributed by atoms with Gasteiger partial charge in [0.1, 0.15) is 11.6 Å². The van der Waals surface area contributed by atoms with Crippen LogP contribution in [-0.2, 0) is 0 Å². The number of pyridine rings is 1.